The molecule has 0 spiro atoms. The molecule has 0 fully saturated rings. The Morgan fingerprint density at radius 1 is 1.05 bits per heavy atom. The highest BCUT2D eigenvalue weighted by atomic mass is 32.1. The topological polar surface area (TPSA) is 44.5 Å². The Kier molecular flexibility index (Phi) is 2.70. The zero-order valence-electron chi connectivity index (χ0n) is 10.5. The van der Waals surface area contributed by atoms with E-state index >= 15 is 0 Å². The first-order chi connectivity index (χ1) is 9.92. The predicted octanol–water partition coefficient (Wildman–Crippen LogP) is 3.84. The van der Waals surface area contributed by atoms with Crippen LogP contribution in [0.2, 0.25) is 0 Å². The molecule has 2 aromatic heterocycles. The molecular weight excluding hydrogens is 274 g/mol. The molecule has 1 aliphatic rings. The third-order valence-corrected chi connectivity index (χ3v) is 4.02. The molecule has 0 amide bonds. The van der Waals surface area contributed by atoms with Gasteiger partial charge >= 0.3 is 0 Å². The van der Waals surface area contributed by atoms with Gasteiger partial charge in [-0.05, 0) is 12.1 Å². The highest BCUT2D eigenvalue weighted by Gasteiger charge is 2.22. The fraction of sp³-hybridized carbons (Fsp3) is 0.133. The van der Waals surface area contributed by atoms with Gasteiger partial charge < -0.3 is 13.9 Å². The zero-order chi connectivity index (χ0) is 13.4. The van der Waals surface area contributed by atoms with Gasteiger partial charge in [0, 0.05) is 10.9 Å². The van der Waals surface area contributed by atoms with E-state index in [0.717, 1.165) is 27.6 Å². The van der Waals surface area contributed by atoms with Crippen molar-refractivity contribution in [2.45, 2.75) is 0 Å². The van der Waals surface area contributed by atoms with Crippen LogP contribution < -0.4 is 9.47 Å². The summed E-state index contributed by atoms with van der Waals surface area (Å²) in [6, 6.07) is 9.83. The van der Waals surface area contributed by atoms with E-state index in [0.29, 0.717) is 19.1 Å². The second-order valence-electron chi connectivity index (χ2n) is 4.36. The molecule has 0 unspecified atom stereocenters. The Hall–Kier alpha value is -2.27. The van der Waals surface area contributed by atoms with Crippen LogP contribution in [-0.2, 0) is 0 Å². The Balaban J connectivity index is 1.74. The number of hydrogen-bond acceptors (Lipinski definition) is 5. The molecule has 3 aromatic rings. The summed E-state index contributed by atoms with van der Waals surface area (Å²) in [6.07, 6.45) is 1.66. The number of ether oxygens (including phenoxy) is 2. The lowest BCUT2D eigenvalue weighted by atomic mass is 10.2. The van der Waals surface area contributed by atoms with Gasteiger partial charge in [-0.15, -0.1) is 11.3 Å². The van der Waals surface area contributed by atoms with Crippen LogP contribution >= 0.6 is 11.3 Å². The van der Waals surface area contributed by atoms with Crippen molar-refractivity contribution in [3.63, 3.8) is 0 Å². The maximum Gasteiger partial charge on any atom is 0.226 e. The maximum atomic E-state index is 5.67. The molecule has 1 aromatic carbocycles. The molecule has 0 saturated carbocycles. The minimum Gasteiger partial charge on any atom is -0.485 e. The van der Waals surface area contributed by atoms with Crippen LogP contribution in [0.1, 0.15) is 0 Å². The molecule has 0 aliphatic carbocycles. The molecule has 4 rings (SSSR count). The summed E-state index contributed by atoms with van der Waals surface area (Å²) in [6.45, 7) is 1.16. The number of thiophene rings is 1. The van der Waals surface area contributed by atoms with E-state index in [-0.39, 0.29) is 0 Å². The molecular formula is C15H11NO3S. The van der Waals surface area contributed by atoms with Crippen molar-refractivity contribution < 1.29 is 13.9 Å². The average Bonchev–Trinajstić information content (AvgIpc) is 3.14. The fourth-order valence-corrected chi connectivity index (χ4v) is 3.01. The molecule has 0 N–H and O–H groups in total. The second kappa shape index (κ2) is 4.68. The minimum atomic E-state index is 0.570. The van der Waals surface area contributed by atoms with Gasteiger partial charge in [0.2, 0.25) is 5.89 Å². The smallest absolute Gasteiger partial charge is 0.226 e. The van der Waals surface area contributed by atoms with Gasteiger partial charge in [0.05, 0.1) is 0 Å². The summed E-state index contributed by atoms with van der Waals surface area (Å²) < 4.78 is 16.8. The summed E-state index contributed by atoms with van der Waals surface area (Å²) in [5.41, 5.74) is 1.74. The maximum absolute atomic E-state index is 5.67. The van der Waals surface area contributed by atoms with E-state index in [2.05, 4.69) is 4.98 Å². The standard InChI is InChI=1S/C15H11NO3S/c1-2-4-10(5-3-1)15-16-11(8-19-15)14-13-12(9-20-14)17-6-7-18-13/h1-5,8-9H,6-7H2. The molecule has 0 saturated heterocycles. The van der Waals surface area contributed by atoms with Gasteiger partial charge in [0.1, 0.15) is 30.0 Å². The van der Waals surface area contributed by atoms with Crippen LogP contribution in [0.3, 0.4) is 0 Å². The molecule has 0 radical (unpaired) electrons. The van der Waals surface area contributed by atoms with Gasteiger partial charge in [-0.25, -0.2) is 4.98 Å². The second-order valence-corrected chi connectivity index (χ2v) is 5.24. The number of rotatable bonds is 2. The van der Waals surface area contributed by atoms with Crippen LogP contribution in [-0.4, -0.2) is 18.2 Å². The number of fused-ring (bicyclic) bond motifs is 1. The Morgan fingerprint density at radius 3 is 2.80 bits per heavy atom. The van der Waals surface area contributed by atoms with Crippen molar-refractivity contribution in [1.82, 2.24) is 4.98 Å². The summed E-state index contributed by atoms with van der Waals surface area (Å²) >= 11 is 1.55. The van der Waals surface area contributed by atoms with Crippen molar-refractivity contribution in [3.05, 3.63) is 42.0 Å². The van der Waals surface area contributed by atoms with Crippen LogP contribution in [0, 0.1) is 0 Å². The lowest BCUT2D eigenvalue weighted by molar-refractivity contribution is 0.174. The number of aromatic nitrogens is 1. The van der Waals surface area contributed by atoms with Crippen LogP contribution in [0.5, 0.6) is 11.5 Å². The van der Waals surface area contributed by atoms with Gasteiger partial charge in [-0.3, -0.25) is 0 Å². The number of nitrogens with zero attached hydrogens (tertiary/aromatic N) is 1. The highest BCUT2D eigenvalue weighted by molar-refractivity contribution is 7.14. The van der Waals surface area contributed by atoms with E-state index in [4.69, 9.17) is 13.9 Å². The molecule has 4 nitrogen and oxygen atoms in total. The minimum absolute atomic E-state index is 0.570. The zero-order valence-corrected chi connectivity index (χ0v) is 11.4. The number of oxazole rings is 1. The van der Waals surface area contributed by atoms with Gasteiger partial charge in [0.25, 0.3) is 0 Å². The molecule has 20 heavy (non-hydrogen) atoms. The molecule has 100 valence electrons. The SMILES string of the molecule is c1ccc(-c2nc(-c3scc4c3OCCO4)co2)cc1. The quantitative estimate of drug-likeness (QED) is 0.717. The van der Waals surface area contributed by atoms with Crippen LogP contribution in [0.15, 0.2) is 46.4 Å². The van der Waals surface area contributed by atoms with Gasteiger partial charge in [0.15, 0.2) is 11.5 Å². The summed E-state index contributed by atoms with van der Waals surface area (Å²) in [5, 5.41) is 1.95. The Morgan fingerprint density at radius 2 is 1.90 bits per heavy atom. The predicted molar refractivity (Wildman–Crippen MR) is 76.2 cm³/mol. The lowest BCUT2D eigenvalue weighted by Gasteiger charge is -2.15. The summed E-state index contributed by atoms with van der Waals surface area (Å²) in [5.74, 6) is 2.18. The fourth-order valence-electron chi connectivity index (χ4n) is 2.13. The van der Waals surface area contributed by atoms with Crippen molar-refractivity contribution in [2.75, 3.05) is 13.2 Å². The van der Waals surface area contributed by atoms with E-state index in [1.54, 1.807) is 17.6 Å². The molecule has 3 heterocycles. The summed E-state index contributed by atoms with van der Waals surface area (Å²) in [4.78, 5) is 5.49. The van der Waals surface area contributed by atoms with Gasteiger partial charge in [-0.1, -0.05) is 18.2 Å². The highest BCUT2D eigenvalue weighted by Crippen LogP contribution is 2.45. The Labute approximate surface area is 119 Å². The number of benzene rings is 1. The number of hydrogen-bond donors (Lipinski definition) is 0. The first kappa shape index (κ1) is 11.5. The molecule has 5 heteroatoms. The first-order valence-electron chi connectivity index (χ1n) is 6.30. The molecule has 0 bridgehead atoms. The van der Waals surface area contributed by atoms with Crippen LogP contribution in [0.4, 0.5) is 0 Å². The first-order valence-corrected chi connectivity index (χ1v) is 7.18. The largest absolute Gasteiger partial charge is 0.485 e. The third-order valence-electron chi connectivity index (χ3n) is 3.06. The van der Waals surface area contributed by atoms with Crippen LogP contribution in [0.25, 0.3) is 22.0 Å². The van der Waals surface area contributed by atoms with Crippen molar-refractivity contribution in [3.8, 4) is 33.5 Å². The van der Waals surface area contributed by atoms with Crippen molar-refractivity contribution in [2.24, 2.45) is 0 Å². The summed E-state index contributed by atoms with van der Waals surface area (Å²) in [7, 11) is 0. The van der Waals surface area contributed by atoms with E-state index in [1.807, 2.05) is 35.7 Å². The van der Waals surface area contributed by atoms with E-state index in [9.17, 15) is 0 Å². The monoisotopic (exact) mass is 285 g/mol. The Bertz CT molecular complexity index is 733. The molecule has 1 aliphatic heterocycles. The molecule has 0 atom stereocenters. The van der Waals surface area contributed by atoms with Gasteiger partial charge in [-0.2, -0.15) is 0 Å². The normalized spacial score (nSPS) is 13.4. The van der Waals surface area contributed by atoms with E-state index in [1.165, 1.54) is 0 Å². The average molecular weight is 285 g/mol. The lowest BCUT2D eigenvalue weighted by Crippen LogP contribution is -2.14. The van der Waals surface area contributed by atoms with Crippen molar-refractivity contribution in [1.29, 1.82) is 0 Å². The van der Waals surface area contributed by atoms with E-state index < -0.39 is 0 Å². The van der Waals surface area contributed by atoms with Crippen molar-refractivity contribution >= 4 is 11.3 Å². The third kappa shape index (κ3) is 1.87.